The van der Waals surface area contributed by atoms with Crippen molar-refractivity contribution in [1.29, 1.82) is 0 Å². The van der Waals surface area contributed by atoms with Gasteiger partial charge in [-0.15, -0.1) is 13.2 Å². The van der Waals surface area contributed by atoms with E-state index in [2.05, 4.69) is 23.6 Å². The number of ether oxygens (including phenoxy) is 1. The Labute approximate surface area is 172 Å². The lowest BCUT2D eigenvalue weighted by atomic mass is 9.65. The van der Waals surface area contributed by atoms with Gasteiger partial charge in [-0.3, -0.25) is 9.69 Å². The summed E-state index contributed by atoms with van der Waals surface area (Å²) in [5.74, 6) is -0.331. The predicted molar refractivity (Wildman–Crippen MR) is 107 cm³/mol. The maximum atomic E-state index is 13.2. The fourth-order valence-corrected chi connectivity index (χ4v) is 4.52. The Balaban J connectivity index is 1.83. The normalized spacial score (nSPS) is 22.8. The minimum absolute atomic E-state index is 0.162. The van der Waals surface area contributed by atoms with Crippen molar-refractivity contribution >= 4 is 11.9 Å². The van der Waals surface area contributed by atoms with Gasteiger partial charge >= 0.3 is 6.36 Å². The fourth-order valence-electron chi connectivity index (χ4n) is 4.52. The zero-order chi connectivity index (χ0) is 21.9. The average molecular weight is 417 g/mol. The van der Waals surface area contributed by atoms with Gasteiger partial charge in [-0.2, -0.15) is 0 Å². The molecule has 2 aliphatic rings. The molecule has 1 aliphatic heterocycles. The lowest BCUT2D eigenvalue weighted by Gasteiger charge is -2.41. The quantitative estimate of drug-likeness (QED) is 0.796. The van der Waals surface area contributed by atoms with Crippen LogP contribution in [0.4, 0.5) is 13.2 Å². The SMILES string of the molecule is CN1C(=O)C2(CC(C)(C)Cc3ccc(-c4cccc(OC(F)(F)F)c4)cc32)N=C1N. The lowest BCUT2D eigenvalue weighted by Crippen LogP contribution is -2.46. The Bertz CT molecular complexity index is 1060. The molecule has 30 heavy (non-hydrogen) atoms. The van der Waals surface area contributed by atoms with Gasteiger partial charge < -0.3 is 10.5 Å². The number of carbonyl (C=O) groups is 1. The summed E-state index contributed by atoms with van der Waals surface area (Å²) < 4.78 is 41.8. The number of halogens is 3. The molecule has 8 heteroatoms. The molecule has 0 fully saturated rings. The van der Waals surface area contributed by atoms with Crippen LogP contribution < -0.4 is 10.5 Å². The summed E-state index contributed by atoms with van der Waals surface area (Å²) in [6.07, 6.45) is -3.51. The van der Waals surface area contributed by atoms with Crippen molar-refractivity contribution in [3.63, 3.8) is 0 Å². The first-order chi connectivity index (χ1) is 13.9. The number of amides is 1. The summed E-state index contributed by atoms with van der Waals surface area (Å²) in [5, 5.41) is 0. The molecule has 1 atom stereocenters. The van der Waals surface area contributed by atoms with Crippen LogP contribution in [0.1, 0.15) is 31.4 Å². The van der Waals surface area contributed by atoms with Crippen LogP contribution in [0.2, 0.25) is 0 Å². The van der Waals surface area contributed by atoms with Gasteiger partial charge in [0.1, 0.15) is 5.75 Å². The zero-order valence-electron chi connectivity index (χ0n) is 16.9. The van der Waals surface area contributed by atoms with Crippen LogP contribution in [0.25, 0.3) is 11.1 Å². The van der Waals surface area contributed by atoms with E-state index in [4.69, 9.17) is 5.73 Å². The molecule has 158 valence electrons. The molecule has 0 saturated carbocycles. The Kier molecular flexibility index (Phi) is 4.38. The molecule has 0 bridgehead atoms. The smallest absolute Gasteiger partial charge is 0.406 e. The number of likely N-dealkylation sites (N-methyl/N-ethyl adjacent to an activating group) is 1. The van der Waals surface area contributed by atoms with Gasteiger partial charge in [-0.05, 0) is 58.7 Å². The lowest BCUT2D eigenvalue weighted by molar-refractivity contribution is -0.274. The van der Waals surface area contributed by atoms with E-state index in [-0.39, 0.29) is 23.0 Å². The molecule has 1 heterocycles. The molecule has 4 rings (SSSR count). The molecule has 5 nitrogen and oxygen atoms in total. The third-order valence-corrected chi connectivity index (χ3v) is 5.67. The third-order valence-electron chi connectivity index (χ3n) is 5.67. The van der Waals surface area contributed by atoms with Crippen molar-refractivity contribution in [1.82, 2.24) is 4.90 Å². The van der Waals surface area contributed by atoms with Gasteiger partial charge in [0.2, 0.25) is 0 Å². The molecule has 0 saturated heterocycles. The largest absolute Gasteiger partial charge is 0.573 e. The number of guanidine groups is 1. The Hall–Kier alpha value is -3.03. The van der Waals surface area contributed by atoms with E-state index in [9.17, 15) is 18.0 Å². The molecule has 2 N–H and O–H groups in total. The number of nitrogens with two attached hydrogens (primary N) is 1. The van der Waals surface area contributed by atoms with Crippen molar-refractivity contribution in [2.24, 2.45) is 16.1 Å². The summed E-state index contributed by atoms with van der Waals surface area (Å²) in [7, 11) is 1.60. The highest BCUT2D eigenvalue weighted by Gasteiger charge is 2.54. The summed E-state index contributed by atoms with van der Waals surface area (Å²) in [5.41, 5.74) is 7.66. The van der Waals surface area contributed by atoms with Gasteiger partial charge in [0, 0.05) is 7.05 Å². The highest BCUT2D eigenvalue weighted by atomic mass is 19.4. The summed E-state index contributed by atoms with van der Waals surface area (Å²) in [6.45, 7) is 4.17. The van der Waals surface area contributed by atoms with E-state index in [1.807, 2.05) is 18.2 Å². The molecule has 0 radical (unpaired) electrons. The molecule has 0 aromatic heterocycles. The minimum atomic E-state index is -4.77. The summed E-state index contributed by atoms with van der Waals surface area (Å²) >= 11 is 0. The third kappa shape index (κ3) is 3.40. The minimum Gasteiger partial charge on any atom is -0.406 e. The number of hydrogen-bond acceptors (Lipinski definition) is 4. The van der Waals surface area contributed by atoms with Crippen LogP contribution in [0.15, 0.2) is 47.5 Å². The topological polar surface area (TPSA) is 67.9 Å². The number of nitrogens with zero attached hydrogens (tertiary/aromatic N) is 2. The number of rotatable bonds is 2. The maximum Gasteiger partial charge on any atom is 0.573 e. The molecule has 2 aromatic rings. The average Bonchev–Trinajstić information content (AvgIpc) is 2.83. The molecule has 1 aliphatic carbocycles. The van der Waals surface area contributed by atoms with E-state index in [0.717, 1.165) is 17.5 Å². The molecule has 1 unspecified atom stereocenters. The maximum absolute atomic E-state index is 13.2. The number of fused-ring (bicyclic) bond motifs is 2. The van der Waals surface area contributed by atoms with Crippen LogP contribution in [-0.2, 0) is 16.8 Å². The van der Waals surface area contributed by atoms with E-state index in [1.165, 1.54) is 23.1 Å². The van der Waals surface area contributed by atoms with Gasteiger partial charge in [0.25, 0.3) is 5.91 Å². The highest BCUT2D eigenvalue weighted by Crippen LogP contribution is 2.50. The fraction of sp³-hybridized carbons (Fsp3) is 0.364. The first-order valence-electron chi connectivity index (χ1n) is 9.53. The number of carbonyl (C=O) groups excluding carboxylic acids is 1. The summed E-state index contributed by atoms with van der Waals surface area (Å²) in [6, 6.07) is 11.4. The molecular formula is C22H22F3N3O2. The number of hydrogen-bond donors (Lipinski definition) is 1. The van der Waals surface area contributed by atoms with Crippen LogP contribution in [0, 0.1) is 5.41 Å². The second-order valence-electron chi connectivity index (χ2n) is 8.66. The monoisotopic (exact) mass is 417 g/mol. The van der Waals surface area contributed by atoms with Crippen LogP contribution in [0.5, 0.6) is 5.75 Å². The zero-order valence-corrected chi connectivity index (χ0v) is 16.9. The first-order valence-corrected chi connectivity index (χ1v) is 9.53. The van der Waals surface area contributed by atoms with Gasteiger partial charge in [0.05, 0.1) is 0 Å². The van der Waals surface area contributed by atoms with Crippen LogP contribution >= 0.6 is 0 Å². The standard InChI is InChI=1S/C22H22F3N3O2/c1-20(2)11-15-8-7-14(13-5-4-6-16(9-13)30-22(23,24)25)10-17(15)21(12-20)18(29)28(3)19(26)27-21/h4-10H,11-12H2,1-3H3,(H2,26,27). The van der Waals surface area contributed by atoms with E-state index in [0.29, 0.717) is 17.5 Å². The van der Waals surface area contributed by atoms with Crippen molar-refractivity contribution in [3.05, 3.63) is 53.6 Å². The van der Waals surface area contributed by atoms with E-state index in [1.54, 1.807) is 13.1 Å². The number of benzene rings is 2. The van der Waals surface area contributed by atoms with Gasteiger partial charge in [-0.1, -0.05) is 38.1 Å². The second-order valence-corrected chi connectivity index (χ2v) is 8.66. The van der Waals surface area contributed by atoms with Crippen LogP contribution in [-0.4, -0.2) is 30.2 Å². The van der Waals surface area contributed by atoms with E-state index >= 15 is 0 Å². The van der Waals surface area contributed by atoms with Crippen molar-refractivity contribution in [2.45, 2.75) is 38.6 Å². The van der Waals surface area contributed by atoms with E-state index < -0.39 is 11.9 Å². The van der Waals surface area contributed by atoms with Crippen molar-refractivity contribution < 1.29 is 22.7 Å². The van der Waals surface area contributed by atoms with Gasteiger partial charge in [-0.25, -0.2) is 4.99 Å². The van der Waals surface area contributed by atoms with Crippen molar-refractivity contribution in [3.8, 4) is 16.9 Å². The predicted octanol–water partition coefficient (Wildman–Crippen LogP) is 4.21. The molecular weight excluding hydrogens is 395 g/mol. The Morgan fingerprint density at radius 2 is 1.83 bits per heavy atom. The molecule has 2 aromatic carbocycles. The Morgan fingerprint density at radius 3 is 2.47 bits per heavy atom. The first kappa shape index (κ1) is 20.3. The second kappa shape index (κ2) is 6.48. The number of alkyl halides is 3. The highest BCUT2D eigenvalue weighted by molar-refractivity contribution is 6.07. The molecule has 1 spiro atoms. The van der Waals surface area contributed by atoms with Crippen LogP contribution in [0.3, 0.4) is 0 Å². The van der Waals surface area contributed by atoms with Gasteiger partial charge in [0.15, 0.2) is 11.5 Å². The summed E-state index contributed by atoms with van der Waals surface area (Å²) in [4.78, 5) is 19.1. The number of aliphatic imine (C=N–C) groups is 1. The van der Waals surface area contributed by atoms with Crippen molar-refractivity contribution in [2.75, 3.05) is 7.05 Å². The molecule has 1 amide bonds. The Morgan fingerprint density at radius 1 is 1.13 bits per heavy atom.